The molecule has 1 atom stereocenters. The highest BCUT2D eigenvalue weighted by atomic mass is 35.5. The fourth-order valence-corrected chi connectivity index (χ4v) is 6.03. The number of hydrogen-bond acceptors (Lipinski definition) is 5. The number of hydrogen-bond donors (Lipinski definition) is 1. The molecule has 4 nitrogen and oxygen atoms in total. The van der Waals surface area contributed by atoms with Crippen LogP contribution in [0.2, 0.25) is 0 Å². The normalized spacial score (nSPS) is 21.9. The second kappa shape index (κ2) is 13.0. The van der Waals surface area contributed by atoms with Gasteiger partial charge in [0, 0.05) is 43.7 Å². The molecule has 0 radical (unpaired) electrons. The molecule has 23 heavy (non-hydrogen) atoms. The molecule has 8 heteroatoms. The smallest absolute Gasteiger partial charge is 0.278 e. The summed E-state index contributed by atoms with van der Waals surface area (Å²) in [5, 5.41) is 0.782. The summed E-state index contributed by atoms with van der Waals surface area (Å²) < 4.78 is 5.35. The Labute approximate surface area is 160 Å². The number of ether oxygens (including phenoxy) is 1. The maximum absolute atomic E-state index is 11.6. The zero-order valence-electron chi connectivity index (χ0n) is 13.7. The number of carbonyl (C=O) groups is 1. The van der Waals surface area contributed by atoms with Crippen LogP contribution in [0.4, 0.5) is 4.79 Å². The van der Waals surface area contributed by atoms with Crippen LogP contribution in [0.15, 0.2) is 0 Å². The molecule has 2 aliphatic rings. The summed E-state index contributed by atoms with van der Waals surface area (Å²) in [4.78, 5) is 15.9. The number of carbonyl (C=O) groups excluding carboxylic acids is 1. The van der Waals surface area contributed by atoms with Crippen molar-refractivity contribution in [2.24, 2.45) is 0 Å². The number of morpholine rings is 1. The Kier molecular flexibility index (Phi) is 12.3. The lowest BCUT2D eigenvalue weighted by atomic mass is 10.1. The van der Waals surface area contributed by atoms with Gasteiger partial charge in [-0.2, -0.15) is 0 Å². The Morgan fingerprint density at radius 2 is 2.00 bits per heavy atom. The van der Waals surface area contributed by atoms with E-state index in [9.17, 15) is 4.79 Å². The fourth-order valence-electron chi connectivity index (χ4n) is 2.81. The van der Waals surface area contributed by atoms with Crippen LogP contribution in [0.1, 0.15) is 32.1 Å². The van der Waals surface area contributed by atoms with Crippen LogP contribution in [0.5, 0.6) is 0 Å². The second-order valence-electron chi connectivity index (χ2n) is 5.90. The summed E-state index contributed by atoms with van der Waals surface area (Å²) in [6.07, 6.45) is 6.31. The van der Waals surface area contributed by atoms with Gasteiger partial charge in [-0.25, -0.2) is 0 Å². The van der Waals surface area contributed by atoms with Gasteiger partial charge in [0.15, 0.2) is 0 Å². The summed E-state index contributed by atoms with van der Waals surface area (Å²) in [7, 11) is 4.07. The molecule has 136 valence electrons. The van der Waals surface area contributed by atoms with Gasteiger partial charge in [-0.1, -0.05) is 47.1 Å². The van der Waals surface area contributed by atoms with Gasteiger partial charge in [0.25, 0.3) is 5.24 Å². The second-order valence-corrected chi connectivity index (χ2v) is 9.07. The predicted octanol–water partition coefficient (Wildman–Crippen LogP) is 3.81. The first-order valence-electron chi connectivity index (χ1n) is 8.32. The van der Waals surface area contributed by atoms with Gasteiger partial charge in [0.2, 0.25) is 0 Å². The van der Waals surface area contributed by atoms with Crippen LogP contribution in [0.25, 0.3) is 0 Å². The van der Waals surface area contributed by atoms with Gasteiger partial charge in [-0.05, 0) is 19.3 Å². The molecule has 2 fully saturated rings. The fraction of sp³-hybridized carbons (Fsp3) is 0.933. The molecule has 0 aromatic rings. The van der Waals surface area contributed by atoms with Crippen LogP contribution in [-0.4, -0.2) is 72.0 Å². The minimum Gasteiger partial charge on any atom is -0.379 e. The third kappa shape index (κ3) is 9.12. The minimum absolute atomic E-state index is 0. The Morgan fingerprint density at radius 3 is 2.65 bits per heavy atom. The first-order valence-corrected chi connectivity index (χ1v) is 11.1. The van der Waals surface area contributed by atoms with Crippen LogP contribution in [0.3, 0.4) is 0 Å². The molecule has 0 bridgehead atoms. The highest BCUT2D eigenvalue weighted by Crippen LogP contribution is 2.39. The predicted molar refractivity (Wildman–Crippen MR) is 107 cm³/mol. The van der Waals surface area contributed by atoms with Crippen molar-refractivity contribution in [2.75, 3.05) is 51.7 Å². The molecule has 2 saturated heterocycles. The largest absolute Gasteiger partial charge is 0.379 e. The van der Waals surface area contributed by atoms with E-state index in [4.69, 9.17) is 4.74 Å². The summed E-state index contributed by atoms with van der Waals surface area (Å²) >= 11 is 4.02. The number of thiol groups is 1. The lowest BCUT2D eigenvalue weighted by molar-refractivity contribution is 0.0353. The molecule has 0 spiro atoms. The average Bonchev–Trinajstić information content (AvgIpc) is 3.04. The quantitative estimate of drug-likeness (QED) is 0.361. The third-order valence-electron chi connectivity index (χ3n) is 4.24. The van der Waals surface area contributed by atoms with E-state index in [-0.39, 0.29) is 17.6 Å². The molecule has 0 N–H and O–H groups in total. The third-order valence-corrected chi connectivity index (χ3v) is 7.53. The monoisotopic (exact) mass is 400 g/mol. The maximum Gasteiger partial charge on any atom is 0.278 e. The van der Waals surface area contributed by atoms with Crippen molar-refractivity contribution in [3.8, 4) is 0 Å². The van der Waals surface area contributed by atoms with Gasteiger partial charge in [-0.15, -0.1) is 12.4 Å². The molecule has 2 rings (SSSR count). The lowest BCUT2D eigenvalue weighted by Gasteiger charge is -2.29. The number of nitrogens with zero attached hydrogens (tertiary/aromatic N) is 2. The van der Waals surface area contributed by atoms with E-state index in [0.717, 1.165) is 57.6 Å². The van der Waals surface area contributed by atoms with Gasteiger partial charge in [0.05, 0.1) is 13.2 Å². The lowest BCUT2D eigenvalue weighted by Crippen LogP contribution is -2.42. The first-order chi connectivity index (χ1) is 10.8. The SMILES string of the molecule is Cl.O=C(S)N(CCCCCC1CCSS1)CCN1CCOCC1. The van der Waals surface area contributed by atoms with Crippen LogP contribution >= 0.6 is 46.6 Å². The number of unbranched alkanes of at least 4 members (excludes halogenated alkanes) is 2. The highest BCUT2D eigenvalue weighted by molar-refractivity contribution is 8.77. The molecule has 0 aromatic carbocycles. The van der Waals surface area contributed by atoms with Crippen molar-refractivity contribution in [1.29, 1.82) is 0 Å². The van der Waals surface area contributed by atoms with E-state index in [1.54, 1.807) is 0 Å². The van der Waals surface area contributed by atoms with Crippen LogP contribution in [0, 0.1) is 0 Å². The topological polar surface area (TPSA) is 32.8 Å². The van der Waals surface area contributed by atoms with Gasteiger partial charge >= 0.3 is 0 Å². The minimum atomic E-state index is -0.0870. The molecule has 0 aromatic heterocycles. The van der Waals surface area contributed by atoms with Crippen molar-refractivity contribution >= 4 is 51.9 Å². The van der Waals surface area contributed by atoms with E-state index >= 15 is 0 Å². The Morgan fingerprint density at radius 1 is 1.22 bits per heavy atom. The molecule has 0 aliphatic carbocycles. The van der Waals surface area contributed by atoms with E-state index in [2.05, 4.69) is 28.3 Å². The highest BCUT2D eigenvalue weighted by Gasteiger charge is 2.16. The van der Waals surface area contributed by atoms with Gasteiger partial charge < -0.3 is 9.64 Å². The number of amides is 1. The van der Waals surface area contributed by atoms with Crippen molar-refractivity contribution in [1.82, 2.24) is 9.80 Å². The standard InChI is InChI=1S/C15H28N2O2S3.ClH/c18-15(20)17(8-7-16-9-11-19-12-10-16)6-3-1-2-4-14-5-13-21-22-14;/h14H,1-13H2,(H,18,20);1H. The number of halogens is 1. The molecular weight excluding hydrogens is 372 g/mol. The molecule has 2 aliphatic heterocycles. The van der Waals surface area contributed by atoms with E-state index in [1.165, 1.54) is 31.4 Å². The Hall–Kier alpha value is 0.730. The summed E-state index contributed by atoms with van der Waals surface area (Å²) in [5.74, 6) is 1.32. The molecule has 1 unspecified atom stereocenters. The maximum atomic E-state index is 11.6. The molecule has 1 amide bonds. The van der Waals surface area contributed by atoms with Crippen LogP contribution < -0.4 is 0 Å². The summed E-state index contributed by atoms with van der Waals surface area (Å²) in [5.41, 5.74) is 0. The average molecular weight is 401 g/mol. The zero-order chi connectivity index (χ0) is 15.6. The molecular formula is C15H29ClN2O2S3. The summed E-state index contributed by atoms with van der Waals surface area (Å²) in [6.45, 7) is 6.15. The first kappa shape index (κ1) is 21.8. The van der Waals surface area contributed by atoms with Gasteiger partial charge in [0.1, 0.15) is 0 Å². The van der Waals surface area contributed by atoms with Crippen molar-refractivity contribution in [3.05, 3.63) is 0 Å². The Balaban J connectivity index is 0.00000264. The molecule has 0 saturated carbocycles. The Bertz CT molecular complexity index is 328. The van der Waals surface area contributed by atoms with Crippen LogP contribution in [-0.2, 0) is 4.74 Å². The van der Waals surface area contributed by atoms with Crippen molar-refractivity contribution < 1.29 is 9.53 Å². The van der Waals surface area contributed by atoms with Gasteiger partial charge in [-0.3, -0.25) is 9.69 Å². The van der Waals surface area contributed by atoms with E-state index in [1.807, 2.05) is 15.7 Å². The van der Waals surface area contributed by atoms with Crippen molar-refractivity contribution in [3.63, 3.8) is 0 Å². The zero-order valence-corrected chi connectivity index (χ0v) is 17.0. The van der Waals surface area contributed by atoms with E-state index in [0.29, 0.717) is 0 Å². The van der Waals surface area contributed by atoms with E-state index < -0.39 is 0 Å². The van der Waals surface area contributed by atoms with Crippen molar-refractivity contribution in [2.45, 2.75) is 37.4 Å². The number of rotatable bonds is 9. The molecule has 2 heterocycles. The summed E-state index contributed by atoms with van der Waals surface area (Å²) in [6, 6.07) is 0.